The van der Waals surface area contributed by atoms with E-state index < -0.39 is 5.97 Å². The fourth-order valence-electron chi connectivity index (χ4n) is 2.66. The highest BCUT2D eigenvalue weighted by atomic mass is 35.5. The molecule has 0 bridgehead atoms. The molecule has 0 amide bonds. The van der Waals surface area contributed by atoms with E-state index in [0.29, 0.717) is 28.0 Å². The third kappa shape index (κ3) is 4.54. The minimum Gasteiger partial charge on any atom is -0.465 e. The Bertz CT molecular complexity index is 968. The van der Waals surface area contributed by atoms with Crippen molar-refractivity contribution in [2.75, 3.05) is 17.7 Å². The standard InChI is InChI=1S/C20H19ClN4O2/c1-12-9-13(2)18(16(21)10-12)25-20-22-8-7-17(24-20)23-15-6-4-5-14(11-15)19(26)27-3/h4-11H,1-3H3,(H2,22,23,24,25). The Kier molecular flexibility index (Phi) is 5.57. The maximum atomic E-state index is 11.7. The second-order valence-electron chi connectivity index (χ2n) is 6.03. The fourth-order valence-corrected chi connectivity index (χ4v) is 3.03. The number of nitrogens with zero attached hydrogens (tertiary/aromatic N) is 2. The summed E-state index contributed by atoms with van der Waals surface area (Å²) in [5.41, 5.74) is 4.04. The first-order valence-corrected chi connectivity index (χ1v) is 8.66. The lowest BCUT2D eigenvalue weighted by Crippen LogP contribution is -2.04. The molecule has 3 aromatic rings. The predicted molar refractivity (Wildman–Crippen MR) is 107 cm³/mol. The van der Waals surface area contributed by atoms with Crippen molar-refractivity contribution in [1.82, 2.24) is 9.97 Å². The Balaban J connectivity index is 1.82. The molecule has 0 aliphatic rings. The minimum absolute atomic E-state index is 0.395. The molecule has 0 saturated carbocycles. The van der Waals surface area contributed by atoms with Gasteiger partial charge in [0.15, 0.2) is 0 Å². The Hall–Kier alpha value is -3.12. The van der Waals surface area contributed by atoms with Gasteiger partial charge in [0.1, 0.15) is 5.82 Å². The predicted octanol–water partition coefficient (Wildman–Crippen LogP) is 5.02. The van der Waals surface area contributed by atoms with Crippen molar-refractivity contribution in [2.24, 2.45) is 0 Å². The van der Waals surface area contributed by atoms with Crippen molar-refractivity contribution in [2.45, 2.75) is 13.8 Å². The summed E-state index contributed by atoms with van der Waals surface area (Å²) in [7, 11) is 1.35. The number of carbonyl (C=O) groups is 1. The highest BCUT2D eigenvalue weighted by Gasteiger charge is 2.09. The van der Waals surface area contributed by atoms with Gasteiger partial charge in [0, 0.05) is 11.9 Å². The van der Waals surface area contributed by atoms with Gasteiger partial charge in [-0.15, -0.1) is 0 Å². The lowest BCUT2D eigenvalue weighted by molar-refractivity contribution is 0.0601. The maximum absolute atomic E-state index is 11.7. The van der Waals surface area contributed by atoms with Crippen LogP contribution >= 0.6 is 11.6 Å². The van der Waals surface area contributed by atoms with Crippen LogP contribution in [0, 0.1) is 13.8 Å². The second kappa shape index (κ2) is 8.05. The van der Waals surface area contributed by atoms with Gasteiger partial charge in [0.2, 0.25) is 5.95 Å². The van der Waals surface area contributed by atoms with Crippen LogP contribution < -0.4 is 10.6 Å². The summed E-state index contributed by atoms with van der Waals surface area (Å²) in [6, 6.07) is 12.6. The molecule has 7 heteroatoms. The van der Waals surface area contributed by atoms with Gasteiger partial charge < -0.3 is 15.4 Å². The number of halogens is 1. The SMILES string of the molecule is COC(=O)c1cccc(Nc2ccnc(Nc3c(C)cc(C)cc3Cl)n2)c1. The van der Waals surface area contributed by atoms with Crippen LogP contribution in [-0.4, -0.2) is 23.0 Å². The monoisotopic (exact) mass is 382 g/mol. The largest absolute Gasteiger partial charge is 0.465 e. The van der Waals surface area contributed by atoms with Gasteiger partial charge in [0.05, 0.1) is 23.4 Å². The van der Waals surface area contributed by atoms with Gasteiger partial charge in [0.25, 0.3) is 0 Å². The van der Waals surface area contributed by atoms with Crippen LogP contribution in [0.1, 0.15) is 21.5 Å². The van der Waals surface area contributed by atoms with Crippen molar-refractivity contribution in [3.05, 3.63) is 70.4 Å². The summed E-state index contributed by atoms with van der Waals surface area (Å²) < 4.78 is 4.74. The zero-order valence-corrected chi connectivity index (χ0v) is 16.0. The number of hydrogen-bond acceptors (Lipinski definition) is 6. The molecule has 0 spiro atoms. The summed E-state index contributed by atoms with van der Waals surface area (Å²) in [4.78, 5) is 20.4. The number of aromatic nitrogens is 2. The quantitative estimate of drug-likeness (QED) is 0.603. The first-order chi connectivity index (χ1) is 13.0. The van der Waals surface area contributed by atoms with E-state index in [1.165, 1.54) is 7.11 Å². The summed E-state index contributed by atoms with van der Waals surface area (Å²) in [5.74, 6) is 0.599. The number of hydrogen-bond donors (Lipinski definition) is 2. The highest BCUT2D eigenvalue weighted by molar-refractivity contribution is 6.33. The number of methoxy groups -OCH3 is 1. The summed E-state index contributed by atoms with van der Waals surface area (Å²) in [5, 5.41) is 6.93. The van der Waals surface area contributed by atoms with Crippen LogP contribution in [0.15, 0.2) is 48.7 Å². The number of benzene rings is 2. The molecule has 0 fully saturated rings. The topological polar surface area (TPSA) is 76.1 Å². The molecule has 1 aromatic heterocycles. The summed E-state index contributed by atoms with van der Waals surface area (Å²) >= 11 is 6.34. The third-order valence-corrected chi connectivity index (χ3v) is 4.18. The van der Waals surface area contributed by atoms with E-state index in [0.717, 1.165) is 16.8 Å². The zero-order chi connectivity index (χ0) is 19.4. The van der Waals surface area contributed by atoms with E-state index in [-0.39, 0.29) is 0 Å². The molecule has 6 nitrogen and oxygen atoms in total. The highest BCUT2D eigenvalue weighted by Crippen LogP contribution is 2.29. The molecular weight excluding hydrogens is 364 g/mol. The van der Waals surface area contributed by atoms with Gasteiger partial charge in [-0.25, -0.2) is 9.78 Å². The van der Waals surface area contributed by atoms with E-state index in [1.54, 1.807) is 30.5 Å². The van der Waals surface area contributed by atoms with Crippen molar-refractivity contribution in [3.63, 3.8) is 0 Å². The third-order valence-electron chi connectivity index (χ3n) is 3.88. The van der Waals surface area contributed by atoms with Gasteiger partial charge in [-0.2, -0.15) is 4.98 Å². The van der Waals surface area contributed by atoms with Crippen LogP contribution in [0.3, 0.4) is 0 Å². The lowest BCUT2D eigenvalue weighted by atomic mass is 10.1. The number of ether oxygens (including phenoxy) is 1. The molecular formula is C20H19ClN4O2. The van der Waals surface area contributed by atoms with Crippen molar-refractivity contribution < 1.29 is 9.53 Å². The van der Waals surface area contributed by atoms with Crippen molar-refractivity contribution in [1.29, 1.82) is 0 Å². The number of aryl methyl sites for hydroxylation is 2. The van der Waals surface area contributed by atoms with E-state index in [2.05, 4.69) is 20.6 Å². The summed E-state index contributed by atoms with van der Waals surface area (Å²) in [6.07, 6.45) is 1.64. The molecule has 1 heterocycles. The smallest absolute Gasteiger partial charge is 0.337 e. The van der Waals surface area contributed by atoms with E-state index in [9.17, 15) is 4.79 Å². The number of carbonyl (C=O) groups excluding carboxylic acids is 1. The Morgan fingerprint density at radius 1 is 1.11 bits per heavy atom. The van der Waals surface area contributed by atoms with Gasteiger partial charge >= 0.3 is 5.97 Å². The van der Waals surface area contributed by atoms with Gasteiger partial charge in [-0.3, -0.25) is 0 Å². The lowest BCUT2D eigenvalue weighted by Gasteiger charge is -2.12. The van der Waals surface area contributed by atoms with E-state index in [1.807, 2.05) is 32.0 Å². The average Bonchev–Trinajstić information content (AvgIpc) is 2.64. The van der Waals surface area contributed by atoms with Gasteiger partial charge in [-0.05, 0) is 55.3 Å². The van der Waals surface area contributed by atoms with Gasteiger partial charge in [-0.1, -0.05) is 23.7 Å². The second-order valence-corrected chi connectivity index (χ2v) is 6.43. The molecule has 138 valence electrons. The Morgan fingerprint density at radius 3 is 2.67 bits per heavy atom. The molecule has 0 aliphatic carbocycles. The van der Waals surface area contributed by atoms with E-state index >= 15 is 0 Å². The first kappa shape index (κ1) is 18.7. The fraction of sp³-hybridized carbons (Fsp3) is 0.150. The van der Waals surface area contributed by atoms with Crippen molar-refractivity contribution >= 4 is 40.7 Å². The number of rotatable bonds is 5. The molecule has 0 aliphatic heterocycles. The van der Waals surface area contributed by atoms with Crippen LogP contribution in [0.4, 0.5) is 23.1 Å². The number of anilines is 4. The Labute approximate surface area is 162 Å². The molecule has 27 heavy (non-hydrogen) atoms. The molecule has 0 saturated heterocycles. The molecule has 0 atom stereocenters. The van der Waals surface area contributed by atoms with Crippen LogP contribution in [-0.2, 0) is 4.74 Å². The number of nitrogens with one attached hydrogen (secondary N) is 2. The number of esters is 1. The molecule has 2 aromatic carbocycles. The molecule has 0 radical (unpaired) electrons. The maximum Gasteiger partial charge on any atom is 0.337 e. The normalized spacial score (nSPS) is 10.4. The van der Waals surface area contributed by atoms with Crippen LogP contribution in [0.25, 0.3) is 0 Å². The zero-order valence-electron chi connectivity index (χ0n) is 15.2. The van der Waals surface area contributed by atoms with Crippen LogP contribution in [0.2, 0.25) is 5.02 Å². The average molecular weight is 383 g/mol. The molecule has 3 rings (SSSR count). The van der Waals surface area contributed by atoms with Crippen LogP contribution in [0.5, 0.6) is 0 Å². The Morgan fingerprint density at radius 2 is 1.93 bits per heavy atom. The molecule has 0 unspecified atom stereocenters. The first-order valence-electron chi connectivity index (χ1n) is 8.28. The summed E-state index contributed by atoms with van der Waals surface area (Å²) in [6.45, 7) is 3.97. The minimum atomic E-state index is -0.395. The van der Waals surface area contributed by atoms with E-state index in [4.69, 9.17) is 16.3 Å². The molecule has 2 N–H and O–H groups in total. The van der Waals surface area contributed by atoms with Crippen molar-refractivity contribution in [3.8, 4) is 0 Å².